The van der Waals surface area contributed by atoms with Gasteiger partial charge in [-0.3, -0.25) is 4.79 Å². The molecule has 0 heterocycles. The van der Waals surface area contributed by atoms with Crippen molar-refractivity contribution in [2.75, 3.05) is 18.6 Å². The number of rotatable bonds is 15. The molecule has 2 N–H and O–H groups in total. The Balaban J connectivity index is 0.000000693. The van der Waals surface area contributed by atoms with Crippen molar-refractivity contribution in [2.45, 2.75) is 104 Å². The van der Waals surface area contributed by atoms with Crippen LogP contribution in [0.25, 0.3) is 11.1 Å². The van der Waals surface area contributed by atoms with Gasteiger partial charge < -0.3 is 15.2 Å². The summed E-state index contributed by atoms with van der Waals surface area (Å²) in [5, 5.41) is 12.2. The van der Waals surface area contributed by atoms with Gasteiger partial charge >= 0.3 is 5.97 Å². The van der Waals surface area contributed by atoms with Crippen molar-refractivity contribution in [3.63, 3.8) is 0 Å². The molecule has 0 aliphatic heterocycles. The van der Waals surface area contributed by atoms with E-state index in [4.69, 9.17) is 4.74 Å². The van der Waals surface area contributed by atoms with E-state index in [-0.39, 0.29) is 5.91 Å². The summed E-state index contributed by atoms with van der Waals surface area (Å²) >= 11 is 1.56. The fourth-order valence-corrected chi connectivity index (χ4v) is 5.48. The van der Waals surface area contributed by atoms with Crippen LogP contribution in [0.2, 0.25) is 0 Å². The molecule has 2 aromatic carbocycles. The number of thioether (sulfide) groups is 1. The topological polar surface area (TPSA) is 75.6 Å². The Morgan fingerprint density at radius 3 is 2.38 bits per heavy atom. The van der Waals surface area contributed by atoms with Gasteiger partial charge in [-0.15, -0.1) is 0 Å². The maximum atomic E-state index is 13.1. The van der Waals surface area contributed by atoms with Crippen molar-refractivity contribution >= 4 is 23.6 Å². The van der Waals surface area contributed by atoms with Crippen LogP contribution in [0, 0.1) is 12.8 Å². The molecule has 1 unspecified atom stereocenters. The maximum absolute atomic E-state index is 13.1. The van der Waals surface area contributed by atoms with Gasteiger partial charge in [0.05, 0.1) is 6.61 Å². The van der Waals surface area contributed by atoms with Crippen LogP contribution < -0.4 is 5.32 Å². The summed E-state index contributed by atoms with van der Waals surface area (Å²) in [4.78, 5) is 24.7. The van der Waals surface area contributed by atoms with Gasteiger partial charge in [-0.1, -0.05) is 102 Å². The highest BCUT2D eigenvalue weighted by Crippen LogP contribution is 2.29. The van der Waals surface area contributed by atoms with Crippen molar-refractivity contribution in [2.24, 2.45) is 5.92 Å². The van der Waals surface area contributed by atoms with Gasteiger partial charge in [0.15, 0.2) is 0 Å². The molecule has 0 saturated heterocycles. The van der Waals surface area contributed by atoms with Crippen molar-refractivity contribution in [1.29, 1.82) is 0 Å². The van der Waals surface area contributed by atoms with Crippen LogP contribution in [-0.2, 0) is 16.1 Å². The third-order valence-electron chi connectivity index (χ3n) is 7.53. The summed E-state index contributed by atoms with van der Waals surface area (Å²) in [7, 11) is 0. The zero-order valence-corrected chi connectivity index (χ0v) is 26.0. The number of unbranched alkanes of at least 4 members (excludes halogenated alkanes) is 4. The molecule has 0 aromatic heterocycles. The first kappa shape index (κ1) is 33.9. The SMILES string of the molecule is CC1CCCCC1.CCCCCCCOCc1ccc(C(=O)NC(CCSC)C(=O)O)c(-c2ccccc2C)c1. The Hall–Kier alpha value is -2.31. The molecule has 40 heavy (non-hydrogen) atoms. The quantitative estimate of drug-likeness (QED) is 0.210. The van der Waals surface area contributed by atoms with Crippen LogP contribution in [0.3, 0.4) is 0 Å². The van der Waals surface area contributed by atoms with Gasteiger partial charge in [0.2, 0.25) is 0 Å². The monoisotopic (exact) mass is 569 g/mol. The lowest BCUT2D eigenvalue weighted by Gasteiger charge is -2.17. The molecule has 222 valence electrons. The number of aryl methyl sites for hydroxylation is 1. The van der Waals surface area contributed by atoms with Crippen LogP contribution in [-0.4, -0.2) is 41.6 Å². The van der Waals surface area contributed by atoms with Gasteiger partial charge in [-0.25, -0.2) is 4.79 Å². The Bertz CT molecular complexity index is 1020. The lowest BCUT2D eigenvalue weighted by Crippen LogP contribution is -2.41. The van der Waals surface area contributed by atoms with Crippen molar-refractivity contribution in [1.82, 2.24) is 5.32 Å². The Labute approximate surface area is 246 Å². The maximum Gasteiger partial charge on any atom is 0.326 e. The van der Waals surface area contributed by atoms with Gasteiger partial charge in [0.1, 0.15) is 6.04 Å². The zero-order valence-electron chi connectivity index (χ0n) is 25.2. The fourth-order valence-electron chi connectivity index (χ4n) is 5.01. The molecule has 0 radical (unpaired) electrons. The summed E-state index contributed by atoms with van der Waals surface area (Å²) in [6.45, 7) is 7.79. The normalized spacial score (nSPS) is 14.2. The molecule has 1 aliphatic carbocycles. The van der Waals surface area contributed by atoms with E-state index in [1.807, 2.05) is 49.6 Å². The largest absolute Gasteiger partial charge is 0.480 e. The van der Waals surface area contributed by atoms with Gasteiger partial charge in [-0.05, 0) is 72.1 Å². The molecule has 6 heteroatoms. The lowest BCUT2D eigenvalue weighted by molar-refractivity contribution is -0.139. The van der Waals surface area contributed by atoms with E-state index in [0.717, 1.165) is 41.2 Å². The highest BCUT2D eigenvalue weighted by atomic mass is 32.2. The van der Waals surface area contributed by atoms with E-state index in [2.05, 4.69) is 19.2 Å². The van der Waals surface area contributed by atoms with E-state index in [1.165, 1.54) is 57.8 Å². The molecule has 0 bridgehead atoms. The summed E-state index contributed by atoms with van der Waals surface area (Å²) < 4.78 is 5.88. The number of ether oxygens (including phenoxy) is 1. The lowest BCUT2D eigenvalue weighted by atomic mass is 9.91. The Morgan fingerprint density at radius 1 is 1.02 bits per heavy atom. The molecule has 1 saturated carbocycles. The number of carbonyl (C=O) groups is 2. The molecule has 1 amide bonds. The summed E-state index contributed by atoms with van der Waals surface area (Å²) in [5.41, 5.74) is 4.28. The van der Waals surface area contributed by atoms with E-state index in [1.54, 1.807) is 17.8 Å². The molecule has 0 spiro atoms. The minimum atomic E-state index is -1.02. The highest BCUT2D eigenvalue weighted by molar-refractivity contribution is 7.98. The standard InChI is InChI=1S/C27H37NO4S.C7H14/c1-4-5-6-7-10-16-32-19-21-13-14-23(24(18-21)22-12-9-8-11-20(22)2)26(29)28-25(27(30)31)15-17-33-3;1-7-5-3-2-4-6-7/h8-9,11-14,18,25H,4-7,10,15-17,19H2,1-3H3,(H,28,29)(H,30,31);7H,2-6H2,1H3. The second-order valence-corrected chi connectivity index (χ2v) is 12.0. The molecule has 1 aliphatic rings. The number of carboxylic acid groups (broad SMARTS) is 1. The predicted octanol–water partition coefficient (Wildman–Crippen LogP) is 8.67. The number of amides is 1. The van der Waals surface area contributed by atoms with Crippen LogP contribution in [0.1, 0.15) is 106 Å². The molecule has 2 aromatic rings. The van der Waals surface area contributed by atoms with Gasteiger partial charge in [0.25, 0.3) is 5.91 Å². The smallest absolute Gasteiger partial charge is 0.326 e. The average Bonchev–Trinajstić information content (AvgIpc) is 2.95. The molecule has 1 fully saturated rings. The van der Waals surface area contributed by atoms with Crippen LogP contribution in [0.15, 0.2) is 42.5 Å². The number of hydrogen-bond donors (Lipinski definition) is 2. The zero-order chi connectivity index (χ0) is 29.2. The minimum absolute atomic E-state index is 0.370. The minimum Gasteiger partial charge on any atom is -0.480 e. The number of aliphatic carboxylic acids is 1. The van der Waals surface area contributed by atoms with Crippen LogP contribution >= 0.6 is 11.8 Å². The highest BCUT2D eigenvalue weighted by Gasteiger charge is 2.22. The van der Waals surface area contributed by atoms with Crippen LogP contribution in [0.4, 0.5) is 0 Å². The second-order valence-electron chi connectivity index (χ2n) is 11.1. The van der Waals surface area contributed by atoms with E-state index >= 15 is 0 Å². The van der Waals surface area contributed by atoms with Gasteiger partial charge in [0, 0.05) is 12.2 Å². The molecule has 5 nitrogen and oxygen atoms in total. The number of hydrogen-bond acceptors (Lipinski definition) is 4. The van der Waals surface area contributed by atoms with Gasteiger partial charge in [-0.2, -0.15) is 11.8 Å². The number of carboxylic acids is 1. The van der Waals surface area contributed by atoms with E-state index in [0.29, 0.717) is 24.3 Å². The van der Waals surface area contributed by atoms with Crippen molar-refractivity contribution in [3.8, 4) is 11.1 Å². The Kier molecular flexibility index (Phi) is 16.7. The first-order valence-corrected chi connectivity index (χ1v) is 16.6. The fraction of sp³-hybridized carbons (Fsp3) is 0.588. The molecule has 1 atom stereocenters. The predicted molar refractivity (Wildman–Crippen MR) is 169 cm³/mol. The second kappa shape index (κ2) is 19.7. The summed E-state index contributed by atoms with van der Waals surface area (Å²) in [6.07, 6.45) is 15.7. The number of carbonyl (C=O) groups excluding carboxylic acids is 1. The molecule has 3 rings (SSSR count). The average molecular weight is 570 g/mol. The number of nitrogens with one attached hydrogen (secondary N) is 1. The third-order valence-corrected chi connectivity index (χ3v) is 8.18. The molecular weight excluding hydrogens is 518 g/mol. The molecular formula is C34H51NO4S. The Morgan fingerprint density at radius 2 is 1.75 bits per heavy atom. The summed E-state index contributed by atoms with van der Waals surface area (Å²) in [6, 6.07) is 12.7. The van der Waals surface area contributed by atoms with Crippen molar-refractivity contribution < 1.29 is 19.4 Å². The van der Waals surface area contributed by atoms with E-state index < -0.39 is 12.0 Å². The number of benzene rings is 2. The third kappa shape index (κ3) is 12.5. The van der Waals surface area contributed by atoms with Crippen LogP contribution in [0.5, 0.6) is 0 Å². The first-order valence-electron chi connectivity index (χ1n) is 15.2. The van der Waals surface area contributed by atoms with E-state index in [9.17, 15) is 14.7 Å². The first-order chi connectivity index (χ1) is 19.4. The van der Waals surface area contributed by atoms with Crippen molar-refractivity contribution in [3.05, 3.63) is 59.2 Å². The summed E-state index contributed by atoms with van der Waals surface area (Å²) in [5.74, 6) is 0.314.